The Kier molecular flexibility index (Phi) is 30.9. The van der Waals surface area contributed by atoms with Gasteiger partial charge in [0.25, 0.3) is 22.2 Å². The molecule has 8 heterocycles. The molecule has 33 heteroatoms. The summed E-state index contributed by atoms with van der Waals surface area (Å²) in [5, 5.41) is 75.3. The van der Waals surface area contributed by atoms with Crippen molar-refractivity contribution in [2.45, 2.75) is 177 Å². The van der Waals surface area contributed by atoms with Gasteiger partial charge in [-0.3, -0.25) is 43.3 Å². The molecule has 4 saturated heterocycles. The number of aromatic amines is 3. The quantitative estimate of drug-likeness (QED) is 0.0256. The highest BCUT2D eigenvalue weighted by Gasteiger charge is 2.48. The molecule has 29 nitrogen and oxygen atoms in total. The minimum atomic E-state index is -1.28. The molecule has 0 saturated carbocycles. The van der Waals surface area contributed by atoms with Crippen molar-refractivity contribution in [1.82, 2.24) is 43.1 Å². The van der Waals surface area contributed by atoms with E-state index in [1.807, 2.05) is 26.8 Å². The van der Waals surface area contributed by atoms with Crippen molar-refractivity contribution < 1.29 is 59.4 Å². The van der Waals surface area contributed by atoms with Crippen LogP contribution in [0.1, 0.15) is 107 Å². The summed E-state index contributed by atoms with van der Waals surface area (Å²) < 4.78 is 35.0. The van der Waals surface area contributed by atoms with Gasteiger partial charge in [-0.05, 0) is 131 Å². The summed E-state index contributed by atoms with van der Waals surface area (Å²) in [6, 6.07) is 0. The number of hydrogen-bond donors (Lipinski definition) is 11. The largest absolute Gasteiger partial charge is 0.388 e. The fourth-order valence-corrected chi connectivity index (χ4v) is 15.3. The SMILES string of the molecule is C=P(C)(C)CC[C@H]1O[C@@H](c2cn(C)c(=O)n(C)c2=O)[C@H](O)[C@@H]1O.C=P(C)(C)CC[C@H]1O[C@@H](c2cn(CC)c(=O)[nH]c2=O)[C@H](O)[C@@H]1O.C=P(C)(C)CC[C@H]1O[C@@H](c2cn(CCC)c(=O)[nH]c2=O)[C@H](O)[C@@H]1O.C=P(C)(C)CC[C@H]1O[C@@H](n2cc(CNCC=C(C)C)c(=O)[nH]c2=O)[C@H](OC)[C@@H]1O. The first-order chi connectivity index (χ1) is 45.8. The first kappa shape index (κ1) is 84.8. The van der Waals surface area contributed by atoms with E-state index < -0.39 is 170 Å². The lowest BCUT2D eigenvalue weighted by Gasteiger charge is -2.21. The summed E-state index contributed by atoms with van der Waals surface area (Å²) in [4.78, 5) is 103. The van der Waals surface area contributed by atoms with Crippen LogP contribution in [0.2, 0.25) is 0 Å². The van der Waals surface area contributed by atoms with E-state index in [1.165, 1.54) is 69.8 Å². The number of aliphatic hydroxyl groups excluding tert-OH is 7. The molecular formula is C66H111N9O20P4. The third-order valence-corrected chi connectivity index (χ3v) is 23.2. The Morgan fingerprint density at radius 2 is 0.939 bits per heavy atom. The molecule has 0 aliphatic carbocycles. The van der Waals surface area contributed by atoms with Gasteiger partial charge in [0.1, 0.15) is 67.1 Å². The molecule has 4 aromatic rings. The van der Waals surface area contributed by atoms with E-state index in [1.54, 1.807) is 6.92 Å². The molecule has 11 N–H and O–H groups in total. The molecule has 0 unspecified atom stereocenters. The fraction of sp³-hybridized carbons (Fsp3) is 0.667. The van der Waals surface area contributed by atoms with Crippen molar-refractivity contribution in [2.24, 2.45) is 14.1 Å². The fourth-order valence-electron chi connectivity index (χ4n) is 11.5. The standard InChI is InChI=1S/C20H34N3O5P.C16H27N2O5P.2C15H25N2O5P/c1-13(2)7-9-21-11-14-12-23(20(26)22-18(14)25)19-17(27-3)16(24)15(28-19)8-10-29(4,5)6;1-5-7-18-9-10(15(21)17-16(18)22)14-13(20)12(19)11(23-14)6-8-24(2,3)4;1-16-8-9(14(20)17(2)15(16)21)13-12(19)11(18)10(22-13)6-7-23(3,4)5;1-5-17-8-9(14(20)16-15(17)21)13-12(19)11(18)10(22-13)6-7-23(2,3)4/h7,12,15-17,19,21,24H,4,8-11H2,1-3,5-6H3,(H,22,25,26);9,11-14,19-20H,2,5-8H2,1,3-4H3,(H,17,21,22);8,10-13,18-19H,3,6-7H2,1-2,4-5H3;8,10-13,18-19H,2,5-7H2,1,3-4H3,(H,16,20,21)/t15-,16-,17-,19-;11-,12-,13-,14+;2*10-,11-,12-,13+/m1111/s1. The highest BCUT2D eigenvalue weighted by atomic mass is 31.2. The van der Waals surface area contributed by atoms with Gasteiger partial charge in [0, 0.05) is 77.7 Å². The molecule has 0 spiro atoms. The normalized spacial score (nSPS) is 27.0. The zero-order valence-corrected chi connectivity index (χ0v) is 63.7. The van der Waals surface area contributed by atoms with Gasteiger partial charge in [0.05, 0.1) is 41.1 Å². The number of aliphatic hydroxyl groups is 7. The Morgan fingerprint density at radius 3 is 1.33 bits per heavy atom. The maximum Gasteiger partial charge on any atom is 0.330 e. The maximum absolute atomic E-state index is 12.4. The van der Waals surface area contributed by atoms with Gasteiger partial charge in [-0.25, -0.2) is 19.2 Å². The van der Waals surface area contributed by atoms with Crippen molar-refractivity contribution >= 4 is 52.7 Å². The Labute approximate surface area is 577 Å². The average Bonchev–Trinajstić information content (AvgIpc) is 1.70. The molecule has 99 heavy (non-hydrogen) atoms. The van der Waals surface area contributed by atoms with Crippen LogP contribution < -0.4 is 50.3 Å². The number of H-pyrrole nitrogens is 3. The number of aryl methyl sites for hydroxylation is 3. The van der Waals surface area contributed by atoms with Gasteiger partial charge in [0.2, 0.25) is 0 Å². The number of aromatic nitrogens is 8. The number of ether oxygens (including phenoxy) is 5. The first-order valence-electron chi connectivity index (χ1n) is 33.1. The Hall–Kier alpha value is -4.86. The molecule has 8 rings (SSSR count). The van der Waals surface area contributed by atoms with Crippen molar-refractivity contribution in [3.05, 3.63) is 142 Å². The van der Waals surface area contributed by atoms with Gasteiger partial charge in [-0.15, -0.1) is 52.7 Å². The van der Waals surface area contributed by atoms with Crippen LogP contribution in [0.3, 0.4) is 0 Å². The number of nitrogens with one attached hydrogen (secondary N) is 4. The van der Waals surface area contributed by atoms with Crippen molar-refractivity contribution in [3.63, 3.8) is 0 Å². The first-order valence-corrected chi connectivity index (χ1v) is 45.3. The van der Waals surface area contributed by atoms with Crippen LogP contribution in [0.15, 0.2) is 74.8 Å². The van der Waals surface area contributed by atoms with E-state index in [2.05, 4.69) is 98.8 Å². The second-order valence-electron chi connectivity index (χ2n) is 29.0. The summed E-state index contributed by atoms with van der Waals surface area (Å²) in [5.41, 5.74) is -2.10. The zero-order valence-electron chi connectivity index (χ0n) is 60.1. The second kappa shape index (κ2) is 36.0. The predicted molar refractivity (Wildman–Crippen MR) is 399 cm³/mol. The smallest absolute Gasteiger partial charge is 0.330 e. The lowest BCUT2D eigenvalue weighted by molar-refractivity contribution is -0.0542. The highest BCUT2D eigenvalue weighted by molar-refractivity contribution is 7.73. The van der Waals surface area contributed by atoms with Gasteiger partial charge >= 0.3 is 22.8 Å². The summed E-state index contributed by atoms with van der Waals surface area (Å²) in [7, 11) is 4.37. The van der Waals surface area contributed by atoms with E-state index in [4.69, 9.17) is 23.7 Å². The number of hydrogen-bond acceptors (Lipinski definition) is 21. The van der Waals surface area contributed by atoms with E-state index in [-0.39, 0.29) is 16.7 Å². The van der Waals surface area contributed by atoms with E-state index in [0.717, 1.165) is 35.6 Å². The molecule has 4 fully saturated rings. The number of nitrogens with zero attached hydrogens (tertiary/aromatic N) is 5. The van der Waals surface area contributed by atoms with E-state index in [0.29, 0.717) is 57.4 Å². The van der Waals surface area contributed by atoms with Crippen molar-refractivity contribution in [3.8, 4) is 0 Å². The zero-order chi connectivity index (χ0) is 74.7. The maximum atomic E-state index is 12.4. The average molecular weight is 1470 g/mol. The van der Waals surface area contributed by atoms with Crippen LogP contribution in [-0.2, 0) is 57.4 Å². The number of allylic oxidation sites excluding steroid dienone is 1. The third-order valence-electron chi connectivity index (χ3n) is 17.3. The minimum Gasteiger partial charge on any atom is -0.388 e. The van der Waals surface area contributed by atoms with E-state index >= 15 is 0 Å². The van der Waals surface area contributed by atoms with Crippen LogP contribution in [0.5, 0.6) is 0 Å². The van der Waals surface area contributed by atoms with Crippen LogP contribution in [0.4, 0.5) is 0 Å². The monoisotopic (exact) mass is 1470 g/mol. The third kappa shape index (κ3) is 23.6. The van der Waals surface area contributed by atoms with Crippen LogP contribution in [-0.4, -0.2) is 264 Å². The summed E-state index contributed by atoms with van der Waals surface area (Å²) in [5.74, 6) is 0. The topological polar surface area (TPSA) is 408 Å². The second-order valence-corrected chi connectivity index (χ2v) is 46.3. The number of methoxy groups -OCH3 is 1. The highest BCUT2D eigenvalue weighted by Crippen LogP contribution is 2.44. The van der Waals surface area contributed by atoms with Gasteiger partial charge in [-0.1, -0.05) is 18.6 Å². The van der Waals surface area contributed by atoms with Gasteiger partial charge < -0.3 is 78.4 Å². The van der Waals surface area contributed by atoms with Crippen LogP contribution >= 0.6 is 27.5 Å². The molecule has 4 aromatic heterocycles. The summed E-state index contributed by atoms with van der Waals surface area (Å²) >= 11 is 0. The van der Waals surface area contributed by atoms with Crippen molar-refractivity contribution in [2.75, 3.05) is 91.6 Å². The Morgan fingerprint density at radius 1 is 0.545 bits per heavy atom. The molecule has 0 bridgehead atoms. The summed E-state index contributed by atoms with van der Waals surface area (Å²) in [6.45, 7) is 21.1. The molecule has 4 aliphatic rings. The lowest BCUT2D eigenvalue weighted by atomic mass is 10.0. The molecule has 0 radical (unpaired) electrons. The number of rotatable bonds is 24. The summed E-state index contributed by atoms with van der Waals surface area (Å²) in [6.07, 6.45) is 16.6. The molecule has 16 atom stereocenters. The van der Waals surface area contributed by atoms with Crippen LogP contribution in [0, 0.1) is 0 Å². The molecule has 0 amide bonds. The van der Waals surface area contributed by atoms with Gasteiger partial charge in [0.15, 0.2) is 6.23 Å². The van der Waals surface area contributed by atoms with Gasteiger partial charge in [-0.2, -0.15) is 0 Å². The van der Waals surface area contributed by atoms with Crippen molar-refractivity contribution in [1.29, 1.82) is 0 Å². The minimum absolute atomic E-state index is 0.157. The molecular weight excluding hydrogens is 1360 g/mol. The van der Waals surface area contributed by atoms with Crippen LogP contribution in [0.25, 0.3) is 0 Å². The Balaban J connectivity index is 0.000000239. The van der Waals surface area contributed by atoms with E-state index in [9.17, 15) is 74.1 Å². The molecule has 560 valence electrons. The lowest BCUT2D eigenvalue weighted by Crippen LogP contribution is -2.40. The Bertz CT molecular complexity index is 4120. The predicted octanol–water partition coefficient (Wildman–Crippen LogP) is 0.335. The molecule has 0 aromatic carbocycles. The molecule has 4 aliphatic heterocycles.